The van der Waals surface area contributed by atoms with Crippen molar-refractivity contribution in [3.05, 3.63) is 27.5 Å². The van der Waals surface area contributed by atoms with Gasteiger partial charge >= 0.3 is 5.69 Å². The highest BCUT2D eigenvalue weighted by Gasteiger charge is 2.24. The summed E-state index contributed by atoms with van der Waals surface area (Å²) in [5, 5.41) is 10.9. The largest absolute Gasteiger partial charge is 0.366 e. The van der Waals surface area contributed by atoms with E-state index in [1.165, 1.54) is 12.6 Å². The van der Waals surface area contributed by atoms with E-state index in [-0.39, 0.29) is 10.8 Å². The second-order valence-electron chi connectivity index (χ2n) is 3.77. The standard InChI is InChI=1S/C10H12ClN3O2/c11-10-9(14(15)16)8(4-5-12-10)13-6-2-1-3-7-13/h4-5H,1-3,6-7H2. The molecule has 2 rings (SSSR count). The fourth-order valence-corrected chi connectivity index (χ4v) is 2.20. The van der Waals surface area contributed by atoms with Gasteiger partial charge in [0, 0.05) is 19.3 Å². The molecule has 1 aliphatic heterocycles. The average molecular weight is 242 g/mol. The van der Waals surface area contributed by atoms with Gasteiger partial charge in [0.05, 0.1) is 4.92 Å². The van der Waals surface area contributed by atoms with Gasteiger partial charge in [-0.1, -0.05) is 11.6 Å². The Morgan fingerprint density at radius 3 is 2.69 bits per heavy atom. The third kappa shape index (κ3) is 2.09. The van der Waals surface area contributed by atoms with Crippen molar-refractivity contribution in [3.63, 3.8) is 0 Å². The van der Waals surface area contributed by atoms with Crippen LogP contribution in [0.5, 0.6) is 0 Å². The minimum atomic E-state index is -0.459. The first-order valence-electron chi connectivity index (χ1n) is 5.24. The molecule has 1 saturated heterocycles. The molecular weight excluding hydrogens is 230 g/mol. The lowest BCUT2D eigenvalue weighted by Gasteiger charge is -2.28. The Bertz CT molecular complexity index is 405. The summed E-state index contributed by atoms with van der Waals surface area (Å²) < 4.78 is 0. The van der Waals surface area contributed by atoms with E-state index in [0.717, 1.165) is 25.9 Å². The quantitative estimate of drug-likeness (QED) is 0.454. The van der Waals surface area contributed by atoms with Crippen LogP contribution in [-0.4, -0.2) is 23.0 Å². The van der Waals surface area contributed by atoms with Crippen molar-refractivity contribution in [1.29, 1.82) is 0 Å². The van der Waals surface area contributed by atoms with E-state index in [1.54, 1.807) is 6.07 Å². The molecule has 0 unspecified atom stereocenters. The predicted molar refractivity (Wildman–Crippen MR) is 62.0 cm³/mol. The summed E-state index contributed by atoms with van der Waals surface area (Å²) in [6.07, 6.45) is 4.83. The molecule has 0 amide bonds. The number of anilines is 1. The number of nitro groups is 1. The maximum atomic E-state index is 10.9. The molecule has 5 nitrogen and oxygen atoms in total. The summed E-state index contributed by atoms with van der Waals surface area (Å²) in [5.41, 5.74) is 0.510. The van der Waals surface area contributed by atoms with Gasteiger partial charge in [-0.05, 0) is 25.3 Å². The number of rotatable bonds is 2. The van der Waals surface area contributed by atoms with E-state index < -0.39 is 4.92 Å². The van der Waals surface area contributed by atoms with Gasteiger partial charge in [0.25, 0.3) is 0 Å². The van der Waals surface area contributed by atoms with Gasteiger partial charge in [-0.15, -0.1) is 0 Å². The number of nitrogens with zero attached hydrogens (tertiary/aromatic N) is 3. The van der Waals surface area contributed by atoms with Gasteiger partial charge in [-0.25, -0.2) is 4.98 Å². The van der Waals surface area contributed by atoms with Gasteiger partial charge in [-0.2, -0.15) is 0 Å². The zero-order valence-corrected chi connectivity index (χ0v) is 9.48. The number of halogens is 1. The van der Waals surface area contributed by atoms with Crippen molar-refractivity contribution < 1.29 is 4.92 Å². The first-order valence-corrected chi connectivity index (χ1v) is 5.62. The lowest BCUT2D eigenvalue weighted by atomic mass is 10.1. The molecule has 0 radical (unpaired) electrons. The van der Waals surface area contributed by atoms with Crippen LogP contribution in [0.2, 0.25) is 5.15 Å². The van der Waals surface area contributed by atoms with Crippen molar-refractivity contribution in [1.82, 2.24) is 4.98 Å². The minimum absolute atomic E-state index is 0.0342. The number of aromatic nitrogens is 1. The molecule has 0 aromatic carbocycles. The van der Waals surface area contributed by atoms with E-state index in [2.05, 4.69) is 4.98 Å². The molecule has 1 aromatic rings. The topological polar surface area (TPSA) is 59.3 Å². The smallest absolute Gasteiger partial charge is 0.329 e. The molecule has 1 aromatic heterocycles. The Kier molecular flexibility index (Phi) is 3.24. The summed E-state index contributed by atoms with van der Waals surface area (Å²) in [6, 6.07) is 1.66. The lowest BCUT2D eigenvalue weighted by molar-refractivity contribution is -0.384. The zero-order valence-electron chi connectivity index (χ0n) is 8.73. The normalized spacial score (nSPS) is 16.2. The van der Waals surface area contributed by atoms with Crippen LogP contribution in [-0.2, 0) is 0 Å². The van der Waals surface area contributed by atoms with E-state index in [1.807, 2.05) is 4.90 Å². The molecule has 2 heterocycles. The maximum absolute atomic E-state index is 10.9. The van der Waals surface area contributed by atoms with Crippen molar-refractivity contribution in [2.75, 3.05) is 18.0 Å². The molecular formula is C10H12ClN3O2. The Balaban J connectivity index is 2.38. The fraction of sp³-hybridized carbons (Fsp3) is 0.500. The van der Waals surface area contributed by atoms with Gasteiger partial charge in [0.15, 0.2) is 0 Å². The summed E-state index contributed by atoms with van der Waals surface area (Å²) >= 11 is 5.76. The molecule has 0 N–H and O–H groups in total. The number of piperidine rings is 1. The van der Waals surface area contributed by atoms with Crippen LogP contribution in [0.25, 0.3) is 0 Å². The Morgan fingerprint density at radius 1 is 1.38 bits per heavy atom. The third-order valence-corrected chi connectivity index (χ3v) is 3.01. The number of pyridine rings is 1. The number of hydrogen-bond donors (Lipinski definition) is 0. The molecule has 1 aliphatic rings. The van der Waals surface area contributed by atoms with Gasteiger partial charge in [0.1, 0.15) is 5.69 Å². The summed E-state index contributed by atoms with van der Waals surface area (Å²) in [4.78, 5) is 16.2. The molecule has 0 bridgehead atoms. The van der Waals surface area contributed by atoms with Crippen LogP contribution >= 0.6 is 11.6 Å². The van der Waals surface area contributed by atoms with Gasteiger partial charge in [-0.3, -0.25) is 10.1 Å². The van der Waals surface area contributed by atoms with Gasteiger partial charge < -0.3 is 4.90 Å². The highest BCUT2D eigenvalue weighted by molar-refractivity contribution is 6.32. The highest BCUT2D eigenvalue weighted by atomic mass is 35.5. The molecule has 6 heteroatoms. The van der Waals surface area contributed by atoms with Crippen molar-refractivity contribution >= 4 is 23.0 Å². The molecule has 1 fully saturated rings. The average Bonchev–Trinajstić information content (AvgIpc) is 2.29. The molecule has 0 atom stereocenters. The molecule has 16 heavy (non-hydrogen) atoms. The lowest BCUT2D eigenvalue weighted by Crippen LogP contribution is -2.30. The molecule has 0 spiro atoms. The molecule has 0 saturated carbocycles. The van der Waals surface area contributed by atoms with Crippen LogP contribution in [0.3, 0.4) is 0 Å². The monoisotopic (exact) mass is 241 g/mol. The van der Waals surface area contributed by atoms with Crippen LogP contribution in [0.4, 0.5) is 11.4 Å². The van der Waals surface area contributed by atoms with E-state index in [9.17, 15) is 10.1 Å². The van der Waals surface area contributed by atoms with Crippen LogP contribution < -0.4 is 4.90 Å². The van der Waals surface area contributed by atoms with Crippen LogP contribution in [0.15, 0.2) is 12.3 Å². The summed E-state index contributed by atoms with van der Waals surface area (Å²) in [5.74, 6) is 0. The molecule has 86 valence electrons. The van der Waals surface area contributed by atoms with E-state index in [0.29, 0.717) is 5.69 Å². The zero-order chi connectivity index (χ0) is 11.5. The molecule has 0 aliphatic carbocycles. The van der Waals surface area contributed by atoms with E-state index >= 15 is 0 Å². The predicted octanol–water partition coefficient (Wildman–Crippen LogP) is 2.63. The van der Waals surface area contributed by atoms with Crippen LogP contribution in [0, 0.1) is 10.1 Å². The van der Waals surface area contributed by atoms with Crippen LogP contribution in [0.1, 0.15) is 19.3 Å². The summed E-state index contributed by atoms with van der Waals surface area (Å²) in [7, 11) is 0. The van der Waals surface area contributed by atoms with Crippen molar-refractivity contribution in [2.45, 2.75) is 19.3 Å². The first-order chi connectivity index (χ1) is 7.70. The van der Waals surface area contributed by atoms with Crippen molar-refractivity contribution in [3.8, 4) is 0 Å². The second-order valence-corrected chi connectivity index (χ2v) is 4.13. The van der Waals surface area contributed by atoms with Crippen molar-refractivity contribution in [2.24, 2.45) is 0 Å². The van der Waals surface area contributed by atoms with Gasteiger partial charge in [0.2, 0.25) is 5.15 Å². The Morgan fingerprint density at radius 2 is 2.06 bits per heavy atom. The Labute approximate surface area is 98.2 Å². The SMILES string of the molecule is O=[N+]([O-])c1c(N2CCCCC2)ccnc1Cl. The minimum Gasteiger partial charge on any atom is -0.366 e. The maximum Gasteiger partial charge on any atom is 0.329 e. The number of hydrogen-bond acceptors (Lipinski definition) is 4. The van der Waals surface area contributed by atoms with E-state index in [4.69, 9.17) is 11.6 Å². The first kappa shape index (κ1) is 11.1. The Hall–Kier alpha value is -1.36. The fourth-order valence-electron chi connectivity index (χ4n) is 1.98. The summed E-state index contributed by atoms with van der Waals surface area (Å²) in [6.45, 7) is 1.70. The second kappa shape index (κ2) is 4.65. The highest BCUT2D eigenvalue weighted by Crippen LogP contribution is 2.34. The third-order valence-electron chi connectivity index (χ3n) is 2.74.